The molecule has 2 fully saturated rings. The molecule has 0 unspecified atom stereocenters. The fraction of sp³-hybridized carbons (Fsp3) is 0.533. The highest BCUT2D eigenvalue weighted by molar-refractivity contribution is 5.48. The number of hydrogen-bond acceptors (Lipinski definition) is 3. The van der Waals surface area contributed by atoms with Crippen LogP contribution in [-0.2, 0) is 16.7 Å². The molecule has 2 bridgehead atoms. The smallest absolute Gasteiger partial charge is 0.248 e. The molecule has 2 aliphatic carbocycles. The van der Waals surface area contributed by atoms with Crippen molar-refractivity contribution in [1.82, 2.24) is 4.98 Å². The van der Waals surface area contributed by atoms with Crippen LogP contribution in [0.25, 0.3) is 0 Å². The van der Waals surface area contributed by atoms with Gasteiger partial charge in [0, 0.05) is 24.1 Å². The molecule has 0 aromatic carbocycles. The third-order valence-electron chi connectivity index (χ3n) is 5.07. The van der Waals surface area contributed by atoms with Crippen LogP contribution < -0.4 is 11.3 Å². The molecule has 1 aliphatic heterocycles. The summed E-state index contributed by atoms with van der Waals surface area (Å²) < 4.78 is 5.93. The van der Waals surface area contributed by atoms with Crippen molar-refractivity contribution in [3.8, 4) is 0 Å². The minimum atomic E-state index is -0.487. The van der Waals surface area contributed by atoms with E-state index >= 15 is 0 Å². The van der Waals surface area contributed by atoms with Gasteiger partial charge in [-0.2, -0.15) is 0 Å². The van der Waals surface area contributed by atoms with Crippen molar-refractivity contribution in [2.75, 3.05) is 0 Å². The molecule has 2 heterocycles. The Hall–Kier alpha value is -1.39. The van der Waals surface area contributed by atoms with Gasteiger partial charge in [0.15, 0.2) is 0 Å². The zero-order chi connectivity index (χ0) is 13.4. The highest BCUT2D eigenvalue weighted by atomic mass is 16.6. The molecule has 0 amide bonds. The van der Waals surface area contributed by atoms with Gasteiger partial charge in [-0.05, 0) is 37.5 Å². The Morgan fingerprint density at radius 3 is 3.05 bits per heavy atom. The number of aromatic nitrogens is 1. The molecule has 4 heteroatoms. The lowest BCUT2D eigenvalue weighted by Gasteiger charge is -2.46. The molecular formula is C15H18N2O2. The number of H-pyrrole nitrogens is 1. The number of allylic oxidation sites excluding steroid dienone is 1. The van der Waals surface area contributed by atoms with Crippen LogP contribution in [0, 0.1) is 5.92 Å². The average molecular weight is 258 g/mol. The van der Waals surface area contributed by atoms with Crippen molar-refractivity contribution in [3.63, 3.8) is 0 Å². The van der Waals surface area contributed by atoms with Crippen LogP contribution in [-0.4, -0.2) is 16.7 Å². The van der Waals surface area contributed by atoms with E-state index in [0.717, 1.165) is 24.1 Å². The third-order valence-corrected chi connectivity index (χ3v) is 5.07. The number of nitrogens with one attached hydrogen (secondary N) is 1. The molecule has 1 saturated heterocycles. The normalized spacial score (nSPS) is 44.7. The Bertz CT molecular complexity index is 662. The first kappa shape index (κ1) is 11.4. The fourth-order valence-electron chi connectivity index (χ4n) is 4.31. The van der Waals surface area contributed by atoms with Gasteiger partial charge in [-0.3, -0.25) is 4.79 Å². The summed E-state index contributed by atoms with van der Waals surface area (Å²) in [6.45, 7) is 4.20. The summed E-state index contributed by atoms with van der Waals surface area (Å²) in [4.78, 5) is 14.5. The molecule has 1 aromatic rings. The van der Waals surface area contributed by atoms with Gasteiger partial charge in [0.2, 0.25) is 5.56 Å². The van der Waals surface area contributed by atoms with E-state index in [1.807, 2.05) is 13.0 Å². The second kappa shape index (κ2) is 3.19. The largest absolute Gasteiger partial charge is 0.366 e. The summed E-state index contributed by atoms with van der Waals surface area (Å²) in [6, 6.07) is 3.46. The lowest BCUT2D eigenvalue weighted by atomic mass is 9.60. The van der Waals surface area contributed by atoms with Crippen LogP contribution in [0.2, 0.25) is 0 Å². The predicted octanol–water partition coefficient (Wildman–Crippen LogP) is 1.21. The number of pyridine rings is 1. The van der Waals surface area contributed by atoms with Gasteiger partial charge in [-0.15, -0.1) is 0 Å². The summed E-state index contributed by atoms with van der Waals surface area (Å²) in [5.41, 5.74) is 9.45. The number of fused-ring (bicyclic) bond motifs is 6. The second-order valence-electron chi connectivity index (χ2n) is 6.27. The first-order valence-electron chi connectivity index (χ1n) is 6.84. The van der Waals surface area contributed by atoms with Gasteiger partial charge in [0.05, 0.1) is 17.2 Å². The highest BCUT2D eigenvalue weighted by Crippen LogP contribution is 2.61. The average Bonchev–Trinajstić information content (AvgIpc) is 2.99. The van der Waals surface area contributed by atoms with E-state index in [0.29, 0.717) is 5.92 Å². The molecule has 1 aromatic heterocycles. The van der Waals surface area contributed by atoms with Gasteiger partial charge < -0.3 is 15.5 Å². The van der Waals surface area contributed by atoms with Crippen LogP contribution >= 0.6 is 0 Å². The lowest BCUT2D eigenvalue weighted by Crippen LogP contribution is -2.53. The SMILES string of the molecule is C/C=C1\[C@@H]2Cc3[nH]c(=O)ccc3[C@@]1(N)C[C@]1(C)O[C@@H]21. The molecule has 0 spiro atoms. The van der Waals surface area contributed by atoms with E-state index in [1.165, 1.54) is 5.57 Å². The summed E-state index contributed by atoms with van der Waals surface area (Å²) >= 11 is 0. The molecule has 4 atom stereocenters. The minimum Gasteiger partial charge on any atom is -0.366 e. The van der Waals surface area contributed by atoms with E-state index < -0.39 is 5.54 Å². The first-order valence-corrected chi connectivity index (χ1v) is 6.84. The topological polar surface area (TPSA) is 71.4 Å². The molecule has 100 valence electrons. The maximum atomic E-state index is 11.5. The van der Waals surface area contributed by atoms with Crippen molar-refractivity contribution < 1.29 is 4.74 Å². The number of epoxide rings is 1. The van der Waals surface area contributed by atoms with Crippen LogP contribution in [0.3, 0.4) is 0 Å². The zero-order valence-corrected chi connectivity index (χ0v) is 11.2. The van der Waals surface area contributed by atoms with Crippen LogP contribution in [0.15, 0.2) is 28.6 Å². The van der Waals surface area contributed by atoms with E-state index in [-0.39, 0.29) is 17.3 Å². The number of ether oxygens (including phenoxy) is 1. The molecule has 19 heavy (non-hydrogen) atoms. The molecular weight excluding hydrogens is 240 g/mol. The van der Waals surface area contributed by atoms with Crippen molar-refractivity contribution in [1.29, 1.82) is 0 Å². The van der Waals surface area contributed by atoms with Gasteiger partial charge in [0.1, 0.15) is 0 Å². The lowest BCUT2D eigenvalue weighted by molar-refractivity contribution is 0.265. The van der Waals surface area contributed by atoms with Gasteiger partial charge in [0.25, 0.3) is 0 Å². The Labute approximate surface area is 111 Å². The standard InChI is InChI=1S/C15H18N2O2/c1-3-9-8-6-11-10(4-5-12(18)17-11)15(9,16)7-14(2)13(8)19-14/h3-5,8,13H,6-7,16H2,1-2H3,(H,17,18)/b9-3+/t8-,13-,14-,15+/m0/s1. The number of hydrogen-bond donors (Lipinski definition) is 2. The minimum absolute atomic E-state index is 0.0520. The molecule has 3 aliphatic rings. The van der Waals surface area contributed by atoms with Crippen molar-refractivity contribution in [2.24, 2.45) is 11.7 Å². The highest BCUT2D eigenvalue weighted by Gasteiger charge is 2.67. The Morgan fingerprint density at radius 2 is 2.32 bits per heavy atom. The van der Waals surface area contributed by atoms with E-state index in [1.54, 1.807) is 6.07 Å². The predicted molar refractivity (Wildman–Crippen MR) is 71.8 cm³/mol. The zero-order valence-electron chi connectivity index (χ0n) is 11.2. The summed E-state index contributed by atoms with van der Waals surface area (Å²) in [5, 5.41) is 0. The monoisotopic (exact) mass is 258 g/mol. The molecule has 4 rings (SSSR count). The molecule has 0 radical (unpaired) electrons. The van der Waals surface area contributed by atoms with Crippen molar-refractivity contribution >= 4 is 0 Å². The van der Waals surface area contributed by atoms with Crippen LogP contribution in [0.4, 0.5) is 0 Å². The maximum Gasteiger partial charge on any atom is 0.248 e. The molecule has 3 N–H and O–H groups in total. The van der Waals surface area contributed by atoms with E-state index in [4.69, 9.17) is 10.5 Å². The van der Waals surface area contributed by atoms with Crippen LogP contribution in [0.5, 0.6) is 0 Å². The van der Waals surface area contributed by atoms with Gasteiger partial charge in [-0.1, -0.05) is 6.08 Å². The summed E-state index contributed by atoms with van der Waals surface area (Å²) in [7, 11) is 0. The molecule has 1 saturated carbocycles. The Balaban J connectivity index is 1.98. The number of nitrogens with two attached hydrogens (primary N) is 1. The van der Waals surface area contributed by atoms with E-state index in [2.05, 4.69) is 18.0 Å². The maximum absolute atomic E-state index is 11.5. The number of rotatable bonds is 0. The van der Waals surface area contributed by atoms with Crippen LogP contribution in [0.1, 0.15) is 31.5 Å². The van der Waals surface area contributed by atoms with Crippen molar-refractivity contribution in [3.05, 3.63) is 45.4 Å². The Morgan fingerprint density at radius 1 is 1.53 bits per heavy atom. The van der Waals surface area contributed by atoms with Gasteiger partial charge >= 0.3 is 0 Å². The second-order valence-corrected chi connectivity index (χ2v) is 6.27. The number of aromatic amines is 1. The summed E-state index contributed by atoms with van der Waals surface area (Å²) in [5.74, 6) is 0.305. The molecule has 4 nitrogen and oxygen atoms in total. The van der Waals surface area contributed by atoms with E-state index in [9.17, 15) is 4.79 Å². The fourth-order valence-corrected chi connectivity index (χ4v) is 4.31. The Kier molecular flexibility index (Phi) is 1.92. The quantitative estimate of drug-likeness (QED) is 0.542. The summed E-state index contributed by atoms with van der Waals surface area (Å²) in [6.07, 6.45) is 4.01. The third kappa shape index (κ3) is 1.28. The van der Waals surface area contributed by atoms with Gasteiger partial charge in [-0.25, -0.2) is 0 Å². The first-order chi connectivity index (χ1) is 8.98. The van der Waals surface area contributed by atoms with Crippen molar-refractivity contribution in [2.45, 2.75) is 43.9 Å².